The van der Waals surface area contributed by atoms with E-state index in [2.05, 4.69) is 10.3 Å². The van der Waals surface area contributed by atoms with E-state index in [1.54, 1.807) is 19.2 Å². The molecule has 0 saturated heterocycles. The topological polar surface area (TPSA) is 97.8 Å². The number of rotatable bonds is 8. The third kappa shape index (κ3) is 6.62. The number of nitrogens with zero attached hydrogens (tertiary/aromatic N) is 1. The molecule has 1 aromatic rings. The Labute approximate surface area is 116 Å². The number of anilines is 1. The van der Waals surface area contributed by atoms with Crippen molar-refractivity contribution in [3.8, 4) is 0 Å². The Kier molecular flexibility index (Phi) is 6.94. The van der Waals surface area contributed by atoms with Gasteiger partial charge in [0.25, 0.3) is 5.91 Å². The van der Waals surface area contributed by atoms with Gasteiger partial charge in [0.05, 0.1) is 13.2 Å². The quantitative estimate of drug-likeness (QED) is 0.539. The Hall–Kier alpha value is -2.25. The normalized spacial score (nSPS) is 10.7. The van der Waals surface area contributed by atoms with Gasteiger partial charge < -0.3 is 19.9 Å². The summed E-state index contributed by atoms with van der Waals surface area (Å²) >= 11 is 0. The molecule has 1 aromatic heterocycles. The molecule has 1 heterocycles. The fraction of sp³-hybridized carbons (Fsp3) is 0.308. The Morgan fingerprint density at radius 1 is 1.45 bits per heavy atom. The molecular formula is C13H16N2O5. The SMILES string of the molecule is COCCOCC(=O)Nc1cc(/C=C/C(=O)O)ccn1. The summed E-state index contributed by atoms with van der Waals surface area (Å²) in [5.41, 5.74) is 0.623. The number of nitrogens with one attached hydrogen (secondary N) is 1. The third-order valence-electron chi connectivity index (χ3n) is 2.13. The largest absolute Gasteiger partial charge is 0.478 e. The lowest BCUT2D eigenvalue weighted by molar-refractivity contribution is -0.131. The first-order valence-electron chi connectivity index (χ1n) is 5.85. The number of aliphatic carboxylic acids is 1. The number of carboxylic acids is 1. The molecule has 7 nitrogen and oxygen atoms in total. The number of hydrogen-bond donors (Lipinski definition) is 2. The zero-order valence-corrected chi connectivity index (χ0v) is 11.0. The minimum atomic E-state index is -1.04. The fourth-order valence-electron chi connectivity index (χ4n) is 1.27. The fourth-order valence-corrected chi connectivity index (χ4v) is 1.27. The highest BCUT2D eigenvalue weighted by Crippen LogP contribution is 2.08. The van der Waals surface area contributed by atoms with Gasteiger partial charge in [-0.15, -0.1) is 0 Å². The van der Waals surface area contributed by atoms with E-state index in [-0.39, 0.29) is 12.5 Å². The van der Waals surface area contributed by atoms with Crippen LogP contribution in [0.4, 0.5) is 5.82 Å². The molecule has 108 valence electrons. The maximum absolute atomic E-state index is 11.5. The molecule has 0 aliphatic rings. The van der Waals surface area contributed by atoms with Crippen molar-refractivity contribution in [3.05, 3.63) is 30.0 Å². The van der Waals surface area contributed by atoms with Crippen LogP contribution in [0.3, 0.4) is 0 Å². The van der Waals surface area contributed by atoms with Crippen molar-refractivity contribution in [1.29, 1.82) is 0 Å². The number of carboxylic acid groups (broad SMARTS) is 1. The lowest BCUT2D eigenvalue weighted by Gasteiger charge is -2.05. The summed E-state index contributed by atoms with van der Waals surface area (Å²) in [4.78, 5) is 25.9. The standard InChI is InChI=1S/C13H16N2O5/c1-19-6-7-20-9-12(16)15-11-8-10(4-5-14-11)2-3-13(17)18/h2-5,8H,6-7,9H2,1H3,(H,17,18)(H,14,15,16)/b3-2+. The molecule has 0 aliphatic heterocycles. The smallest absolute Gasteiger partial charge is 0.328 e. The maximum atomic E-state index is 11.5. The first-order chi connectivity index (χ1) is 9.61. The van der Waals surface area contributed by atoms with Gasteiger partial charge in [0.15, 0.2) is 0 Å². The van der Waals surface area contributed by atoms with Crippen molar-refractivity contribution in [3.63, 3.8) is 0 Å². The molecular weight excluding hydrogens is 264 g/mol. The number of aromatic nitrogens is 1. The van der Waals surface area contributed by atoms with Gasteiger partial charge in [0, 0.05) is 19.4 Å². The first kappa shape index (κ1) is 15.8. The lowest BCUT2D eigenvalue weighted by Crippen LogP contribution is -2.20. The highest BCUT2D eigenvalue weighted by atomic mass is 16.5. The summed E-state index contributed by atoms with van der Waals surface area (Å²) < 4.78 is 9.84. The van der Waals surface area contributed by atoms with Gasteiger partial charge in [-0.05, 0) is 23.8 Å². The van der Waals surface area contributed by atoms with Crippen LogP contribution in [0.1, 0.15) is 5.56 Å². The average molecular weight is 280 g/mol. The van der Waals surface area contributed by atoms with E-state index >= 15 is 0 Å². The van der Waals surface area contributed by atoms with Crippen LogP contribution in [0.25, 0.3) is 6.08 Å². The molecule has 0 bridgehead atoms. The molecule has 0 fully saturated rings. The second-order valence-corrected chi connectivity index (χ2v) is 3.74. The molecule has 0 radical (unpaired) electrons. The van der Waals surface area contributed by atoms with Crippen LogP contribution >= 0.6 is 0 Å². The number of ether oxygens (including phenoxy) is 2. The van der Waals surface area contributed by atoms with E-state index < -0.39 is 5.97 Å². The number of pyridine rings is 1. The summed E-state index contributed by atoms with van der Waals surface area (Å²) in [6, 6.07) is 3.19. The molecule has 2 N–H and O–H groups in total. The molecule has 0 atom stereocenters. The zero-order valence-electron chi connectivity index (χ0n) is 11.0. The van der Waals surface area contributed by atoms with E-state index in [0.717, 1.165) is 6.08 Å². The van der Waals surface area contributed by atoms with Gasteiger partial charge in [-0.25, -0.2) is 9.78 Å². The van der Waals surface area contributed by atoms with Crippen LogP contribution in [0.15, 0.2) is 24.4 Å². The minimum Gasteiger partial charge on any atom is -0.478 e. The van der Waals surface area contributed by atoms with Gasteiger partial charge in [0.2, 0.25) is 0 Å². The highest BCUT2D eigenvalue weighted by molar-refractivity contribution is 5.91. The van der Waals surface area contributed by atoms with E-state index in [1.165, 1.54) is 12.3 Å². The molecule has 0 aromatic carbocycles. The van der Waals surface area contributed by atoms with Crippen molar-refractivity contribution in [2.75, 3.05) is 32.2 Å². The summed E-state index contributed by atoms with van der Waals surface area (Å²) in [6.45, 7) is 0.653. The molecule has 0 spiro atoms. The molecule has 0 unspecified atom stereocenters. The van der Waals surface area contributed by atoms with E-state index in [1.807, 2.05) is 0 Å². The highest BCUT2D eigenvalue weighted by Gasteiger charge is 2.03. The Bertz CT molecular complexity index is 487. The van der Waals surface area contributed by atoms with Crippen LogP contribution in [-0.2, 0) is 19.1 Å². The van der Waals surface area contributed by atoms with Crippen molar-refractivity contribution >= 4 is 23.8 Å². The predicted octanol–water partition coefficient (Wildman–Crippen LogP) is 0.781. The van der Waals surface area contributed by atoms with E-state index in [4.69, 9.17) is 14.6 Å². The van der Waals surface area contributed by atoms with Crippen molar-refractivity contribution < 1.29 is 24.2 Å². The average Bonchev–Trinajstić information content (AvgIpc) is 2.42. The number of carbonyl (C=O) groups excluding carboxylic acids is 1. The molecule has 1 rings (SSSR count). The summed E-state index contributed by atoms with van der Waals surface area (Å²) in [7, 11) is 1.55. The summed E-state index contributed by atoms with van der Waals surface area (Å²) in [5.74, 6) is -1.05. The van der Waals surface area contributed by atoms with E-state index in [9.17, 15) is 9.59 Å². The van der Waals surface area contributed by atoms with Crippen LogP contribution in [0.5, 0.6) is 0 Å². The second kappa shape index (κ2) is 8.78. The Morgan fingerprint density at radius 3 is 2.95 bits per heavy atom. The number of carbonyl (C=O) groups is 2. The Balaban J connectivity index is 2.49. The Morgan fingerprint density at radius 2 is 2.25 bits per heavy atom. The maximum Gasteiger partial charge on any atom is 0.328 e. The molecule has 1 amide bonds. The van der Waals surface area contributed by atoms with Crippen molar-refractivity contribution in [1.82, 2.24) is 4.98 Å². The zero-order chi connectivity index (χ0) is 14.8. The predicted molar refractivity (Wildman–Crippen MR) is 72.2 cm³/mol. The van der Waals surface area contributed by atoms with Gasteiger partial charge in [-0.1, -0.05) is 0 Å². The van der Waals surface area contributed by atoms with Gasteiger partial charge in [-0.2, -0.15) is 0 Å². The van der Waals surface area contributed by atoms with E-state index in [0.29, 0.717) is 24.6 Å². The second-order valence-electron chi connectivity index (χ2n) is 3.74. The lowest BCUT2D eigenvalue weighted by atomic mass is 10.2. The molecule has 0 aliphatic carbocycles. The van der Waals surface area contributed by atoms with Crippen molar-refractivity contribution in [2.45, 2.75) is 0 Å². The van der Waals surface area contributed by atoms with Gasteiger partial charge >= 0.3 is 5.97 Å². The number of amides is 1. The van der Waals surface area contributed by atoms with Crippen LogP contribution < -0.4 is 5.32 Å². The van der Waals surface area contributed by atoms with Crippen LogP contribution in [0, 0.1) is 0 Å². The molecule has 0 saturated carbocycles. The number of hydrogen-bond acceptors (Lipinski definition) is 5. The first-order valence-corrected chi connectivity index (χ1v) is 5.85. The minimum absolute atomic E-state index is 0.0970. The third-order valence-corrected chi connectivity index (χ3v) is 2.13. The summed E-state index contributed by atoms with van der Waals surface area (Å²) in [6.07, 6.45) is 3.90. The van der Waals surface area contributed by atoms with Crippen molar-refractivity contribution in [2.24, 2.45) is 0 Å². The molecule has 7 heteroatoms. The van der Waals surface area contributed by atoms with Crippen LogP contribution in [0.2, 0.25) is 0 Å². The number of methoxy groups -OCH3 is 1. The van der Waals surface area contributed by atoms with Crippen LogP contribution in [-0.4, -0.2) is 48.9 Å². The van der Waals surface area contributed by atoms with Gasteiger partial charge in [0.1, 0.15) is 12.4 Å². The summed E-state index contributed by atoms with van der Waals surface area (Å²) in [5, 5.41) is 11.1. The molecule has 20 heavy (non-hydrogen) atoms. The monoisotopic (exact) mass is 280 g/mol. The van der Waals surface area contributed by atoms with Gasteiger partial charge in [-0.3, -0.25) is 4.79 Å².